The van der Waals surface area contributed by atoms with Crippen molar-refractivity contribution in [1.29, 1.82) is 0 Å². The van der Waals surface area contributed by atoms with Crippen LogP contribution in [-0.2, 0) is 20.8 Å². The number of piperidine rings is 2. The van der Waals surface area contributed by atoms with Gasteiger partial charge in [0.05, 0.1) is 15.6 Å². The predicted molar refractivity (Wildman–Crippen MR) is 169 cm³/mol. The smallest absolute Gasteiger partial charge is 0.326 e. The van der Waals surface area contributed by atoms with Crippen molar-refractivity contribution in [2.75, 3.05) is 5.32 Å². The van der Waals surface area contributed by atoms with Gasteiger partial charge in [-0.3, -0.25) is 19.4 Å². The number of amides is 3. The maximum Gasteiger partial charge on any atom is 0.326 e. The van der Waals surface area contributed by atoms with Crippen LogP contribution in [0.3, 0.4) is 0 Å². The molecule has 0 radical (unpaired) electrons. The monoisotopic (exact) mass is 642 g/mol. The normalized spacial score (nSPS) is 22.3. The zero-order chi connectivity index (χ0) is 31.2. The van der Waals surface area contributed by atoms with E-state index >= 15 is 0 Å². The summed E-state index contributed by atoms with van der Waals surface area (Å²) in [6.45, 7) is 0. The van der Waals surface area contributed by atoms with Crippen LogP contribution >= 0.6 is 23.2 Å². The Bertz CT molecular complexity index is 1340. The van der Waals surface area contributed by atoms with Crippen molar-refractivity contribution in [3.8, 4) is 0 Å². The quantitative estimate of drug-likeness (QED) is 0.265. The number of carbonyl (C=O) groups excluding carboxylic acids is 3. The highest BCUT2D eigenvalue weighted by molar-refractivity contribution is 6.40. The maximum absolute atomic E-state index is 13.7. The fraction of sp³-hybridized carbons (Fsp3) is 0.545. The molecule has 2 unspecified atom stereocenters. The number of carbonyl (C=O) groups is 4. The molecule has 4 fully saturated rings. The molecule has 3 amide bonds. The molecule has 0 spiro atoms. The van der Waals surface area contributed by atoms with E-state index in [1.54, 1.807) is 29.2 Å². The van der Waals surface area contributed by atoms with Gasteiger partial charge in [0.2, 0.25) is 11.8 Å². The lowest BCUT2D eigenvalue weighted by molar-refractivity contribution is -0.155. The van der Waals surface area contributed by atoms with Crippen LogP contribution in [0.4, 0.5) is 5.69 Å². The molecule has 236 valence electrons. The van der Waals surface area contributed by atoms with Gasteiger partial charge in [-0.15, -0.1) is 0 Å². The summed E-state index contributed by atoms with van der Waals surface area (Å²) < 4.78 is 0. The molecular formula is C33H40Cl2N4O5. The van der Waals surface area contributed by atoms with E-state index in [1.807, 2.05) is 0 Å². The number of anilines is 1. The van der Waals surface area contributed by atoms with Crippen LogP contribution in [0.5, 0.6) is 0 Å². The first-order valence-corrected chi connectivity index (χ1v) is 16.5. The number of pyridine rings is 1. The largest absolute Gasteiger partial charge is 0.480 e. The first-order valence-electron chi connectivity index (χ1n) is 15.7. The Kier molecular flexibility index (Phi) is 10.8. The van der Waals surface area contributed by atoms with Gasteiger partial charge in [-0.25, -0.2) is 4.79 Å². The van der Waals surface area contributed by atoms with Gasteiger partial charge in [-0.05, 0) is 68.1 Å². The molecule has 1 aromatic carbocycles. The van der Waals surface area contributed by atoms with Crippen molar-refractivity contribution in [3.63, 3.8) is 0 Å². The third-order valence-electron chi connectivity index (χ3n) is 9.51. The van der Waals surface area contributed by atoms with Gasteiger partial charge >= 0.3 is 5.97 Å². The Hall–Kier alpha value is -3.17. The number of carboxylic acids is 1. The van der Waals surface area contributed by atoms with Crippen molar-refractivity contribution in [3.05, 3.63) is 57.8 Å². The lowest BCUT2D eigenvalue weighted by Gasteiger charge is -2.50. The van der Waals surface area contributed by atoms with E-state index in [0.717, 1.165) is 38.5 Å². The molecule has 4 aliphatic rings. The molecule has 6 rings (SSSR count). The van der Waals surface area contributed by atoms with E-state index in [0.29, 0.717) is 23.6 Å². The number of benzene rings is 1. The SMILES string of the molecule is O=C(Nc1ccc(CC(NC(=O)C2C3CCC(CC3)N2C(=O)CCCC2CCCCC2)C(=O)O)cc1)c1c(Cl)cncc1Cl. The number of carboxylic acid groups (broad SMARTS) is 1. The molecule has 2 bridgehead atoms. The molecule has 9 nitrogen and oxygen atoms in total. The minimum absolute atomic E-state index is 0.0224. The van der Waals surface area contributed by atoms with Gasteiger partial charge < -0.3 is 20.6 Å². The van der Waals surface area contributed by atoms with Gasteiger partial charge in [0.25, 0.3) is 5.91 Å². The highest BCUT2D eigenvalue weighted by Crippen LogP contribution is 2.40. The molecular weight excluding hydrogens is 603 g/mol. The fourth-order valence-electron chi connectivity index (χ4n) is 7.23. The molecule has 2 saturated carbocycles. The highest BCUT2D eigenvalue weighted by atomic mass is 35.5. The summed E-state index contributed by atoms with van der Waals surface area (Å²) in [4.78, 5) is 57.7. The number of aliphatic carboxylic acids is 1. The lowest BCUT2D eigenvalue weighted by atomic mass is 9.74. The molecule has 2 aliphatic carbocycles. The third-order valence-corrected chi connectivity index (χ3v) is 10.1. The summed E-state index contributed by atoms with van der Waals surface area (Å²) >= 11 is 12.2. The van der Waals surface area contributed by atoms with Crippen LogP contribution < -0.4 is 10.6 Å². The van der Waals surface area contributed by atoms with Crippen LogP contribution in [-0.4, -0.2) is 56.8 Å². The molecule has 3 N–H and O–H groups in total. The molecule has 11 heteroatoms. The second-order valence-electron chi connectivity index (χ2n) is 12.4. The lowest BCUT2D eigenvalue weighted by Crippen LogP contribution is -2.64. The predicted octanol–water partition coefficient (Wildman–Crippen LogP) is 6.27. The molecule has 2 aromatic rings. The van der Waals surface area contributed by atoms with Gasteiger partial charge in [0.1, 0.15) is 12.1 Å². The number of hydrogen-bond donors (Lipinski definition) is 3. The maximum atomic E-state index is 13.7. The number of rotatable bonds is 11. The number of hydrogen-bond acceptors (Lipinski definition) is 5. The number of halogens is 2. The van der Waals surface area contributed by atoms with E-state index in [4.69, 9.17) is 23.2 Å². The Morgan fingerprint density at radius 1 is 0.932 bits per heavy atom. The molecule has 2 aliphatic heterocycles. The van der Waals surface area contributed by atoms with Crippen LogP contribution in [0.1, 0.15) is 93.0 Å². The minimum Gasteiger partial charge on any atom is -0.480 e. The third kappa shape index (κ3) is 7.72. The average Bonchev–Trinajstić information content (AvgIpc) is 3.02. The molecule has 2 saturated heterocycles. The number of nitrogens with zero attached hydrogens (tertiary/aromatic N) is 2. The minimum atomic E-state index is -1.17. The van der Waals surface area contributed by atoms with Gasteiger partial charge in [0, 0.05) is 37.0 Å². The van der Waals surface area contributed by atoms with Gasteiger partial charge in [0.15, 0.2) is 0 Å². The number of fused-ring (bicyclic) bond motifs is 3. The van der Waals surface area contributed by atoms with Crippen molar-refractivity contribution in [2.24, 2.45) is 11.8 Å². The summed E-state index contributed by atoms with van der Waals surface area (Å²) in [5.74, 6) is -1.27. The van der Waals surface area contributed by atoms with E-state index < -0.39 is 24.0 Å². The fourth-order valence-corrected chi connectivity index (χ4v) is 7.77. The molecule has 2 atom stereocenters. The van der Waals surface area contributed by atoms with Crippen LogP contribution in [0.2, 0.25) is 10.0 Å². The number of nitrogens with one attached hydrogen (secondary N) is 2. The standard InChI is InChI=1S/C33H40Cl2N4O5/c34-25-18-36-19-26(35)29(25)31(41)37-23-13-9-21(10-14-23)17-27(33(43)44)38-32(42)30-22-11-15-24(16-12-22)39(30)28(40)8-4-7-20-5-2-1-3-6-20/h9-10,13-14,18-20,22,24,27,30H,1-8,11-12,15-17H2,(H,37,41)(H,38,42)(H,43,44). The highest BCUT2D eigenvalue weighted by Gasteiger charge is 2.47. The van der Waals surface area contributed by atoms with E-state index in [-0.39, 0.29) is 45.8 Å². The summed E-state index contributed by atoms with van der Waals surface area (Å²) in [5.41, 5.74) is 1.24. The molecule has 44 heavy (non-hydrogen) atoms. The van der Waals surface area contributed by atoms with E-state index in [2.05, 4.69) is 15.6 Å². The summed E-state index contributed by atoms with van der Waals surface area (Å²) in [5, 5.41) is 15.7. The average molecular weight is 644 g/mol. The van der Waals surface area contributed by atoms with Crippen LogP contribution in [0.25, 0.3) is 0 Å². The van der Waals surface area contributed by atoms with Crippen LogP contribution in [0.15, 0.2) is 36.7 Å². The second-order valence-corrected chi connectivity index (χ2v) is 13.3. The Morgan fingerprint density at radius 3 is 2.23 bits per heavy atom. The first kappa shape index (κ1) is 32.2. The number of aromatic nitrogens is 1. The van der Waals surface area contributed by atoms with Crippen LogP contribution in [0, 0.1) is 11.8 Å². The van der Waals surface area contributed by atoms with Crippen molar-refractivity contribution in [1.82, 2.24) is 15.2 Å². The summed E-state index contributed by atoms with van der Waals surface area (Å²) in [6, 6.07) is 4.92. The Balaban J connectivity index is 1.20. The summed E-state index contributed by atoms with van der Waals surface area (Å²) in [7, 11) is 0. The van der Waals surface area contributed by atoms with Gasteiger partial charge in [-0.1, -0.05) is 67.4 Å². The molecule has 1 aromatic heterocycles. The first-order chi connectivity index (χ1) is 21.2. The van der Waals surface area contributed by atoms with E-state index in [1.165, 1.54) is 44.5 Å². The topological polar surface area (TPSA) is 129 Å². The van der Waals surface area contributed by atoms with E-state index in [9.17, 15) is 24.3 Å². The molecule has 3 heterocycles. The van der Waals surface area contributed by atoms with Crippen molar-refractivity contribution in [2.45, 2.75) is 102 Å². The Morgan fingerprint density at radius 2 is 1.59 bits per heavy atom. The van der Waals surface area contributed by atoms with Crippen molar-refractivity contribution < 1.29 is 24.3 Å². The zero-order valence-electron chi connectivity index (χ0n) is 24.8. The van der Waals surface area contributed by atoms with Gasteiger partial charge in [-0.2, -0.15) is 0 Å². The second kappa shape index (κ2) is 14.7. The Labute approximate surface area is 268 Å². The summed E-state index contributed by atoms with van der Waals surface area (Å²) in [6.07, 6.45) is 14.9. The van der Waals surface area contributed by atoms with Crippen molar-refractivity contribution >= 4 is 52.6 Å². The zero-order valence-corrected chi connectivity index (χ0v) is 26.3.